The molecule has 0 amide bonds. The van der Waals surface area contributed by atoms with E-state index in [1.165, 1.54) is 0 Å². The molecule has 0 spiro atoms. The second-order valence-electron chi connectivity index (χ2n) is 6.21. The van der Waals surface area contributed by atoms with Crippen LogP contribution >= 0.6 is 0 Å². The fraction of sp³-hybridized carbons (Fsp3) is 0.158. The summed E-state index contributed by atoms with van der Waals surface area (Å²) >= 11 is 0. The van der Waals surface area contributed by atoms with Crippen LogP contribution in [-0.2, 0) is 7.05 Å². The first-order valence-corrected chi connectivity index (χ1v) is 8.13. The van der Waals surface area contributed by atoms with E-state index in [9.17, 15) is 4.79 Å². The van der Waals surface area contributed by atoms with Crippen LogP contribution in [0.4, 0.5) is 0 Å². The Hall–Kier alpha value is -3.12. The summed E-state index contributed by atoms with van der Waals surface area (Å²) in [6, 6.07) is 11.2. The van der Waals surface area contributed by atoms with Crippen molar-refractivity contribution in [1.82, 2.24) is 18.7 Å². The van der Waals surface area contributed by atoms with Gasteiger partial charge in [-0.2, -0.15) is 5.10 Å². The highest BCUT2D eigenvalue weighted by molar-refractivity contribution is 5.80. The van der Waals surface area contributed by atoms with Crippen molar-refractivity contribution in [2.45, 2.75) is 13.0 Å². The van der Waals surface area contributed by atoms with Gasteiger partial charge in [0, 0.05) is 48.5 Å². The summed E-state index contributed by atoms with van der Waals surface area (Å²) in [7, 11) is 1.86. The van der Waals surface area contributed by atoms with Crippen molar-refractivity contribution in [2.75, 3.05) is 0 Å². The Labute approximate surface area is 144 Å². The topological polar surface area (TPSA) is 70.2 Å². The van der Waals surface area contributed by atoms with Crippen LogP contribution in [0.15, 0.2) is 66.0 Å². The molecule has 0 bridgehead atoms. The Kier molecular flexibility index (Phi) is 3.54. The van der Waals surface area contributed by atoms with Crippen LogP contribution < -0.4 is 11.3 Å². The summed E-state index contributed by atoms with van der Waals surface area (Å²) in [6.07, 6.45) is 7.48. The minimum atomic E-state index is -0.276. The van der Waals surface area contributed by atoms with Crippen molar-refractivity contribution in [3.63, 3.8) is 0 Å². The Morgan fingerprint density at radius 3 is 2.52 bits per heavy atom. The number of hydrogen-bond acceptors (Lipinski definition) is 3. The van der Waals surface area contributed by atoms with E-state index in [0.717, 1.165) is 22.5 Å². The van der Waals surface area contributed by atoms with Crippen molar-refractivity contribution < 1.29 is 0 Å². The van der Waals surface area contributed by atoms with Crippen molar-refractivity contribution in [3.05, 3.63) is 77.2 Å². The second kappa shape index (κ2) is 5.75. The molecule has 1 atom stereocenters. The molecule has 0 aliphatic carbocycles. The Morgan fingerprint density at radius 2 is 1.88 bits per heavy atom. The molecular formula is C19H19N5O. The summed E-state index contributed by atoms with van der Waals surface area (Å²) in [5, 5.41) is 4.21. The number of benzene rings is 1. The summed E-state index contributed by atoms with van der Waals surface area (Å²) in [6.45, 7) is 1.88. The third kappa shape index (κ3) is 2.47. The molecule has 0 fully saturated rings. The number of rotatable bonds is 3. The molecule has 0 aliphatic rings. The lowest BCUT2D eigenvalue weighted by Crippen LogP contribution is -2.27. The molecule has 0 saturated heterocycles. The maximum atomic E-state index is 13.4. The van der Waals surface area contributed by atoms with E-state index in [0.29, 0.717) is 5.52 Å². The number of nitrogens with zero attached hydrogens (tertiary/aromatic N) is 4. The SMILES string of the molecule is CC(N)c1cn2ccc(-c3cnn(C)c3)c2c(=O)n1-c1ccccc1. The fourth-order valence-electron chi connectivity index (χ4n) is 3.16. The molecule has 0 radical (unpaired) electrons. The molecule has 1 unspecified atom stereocenters. The largest absolute Gasteiger partial charge is 0.323 e. The van der Waals surface area contributed by atoms with Crippen LogP contribution in [0.2, 0.25) is 0 Å². The molecule has 4 rings (SSSR count). The molecule has 126 valence electrons. The van der Waals surface area contributed by atoms with Gasteiger partial charge in [-0.1, -0.05) is 18.2 Å². The molecule has 0 saturated carbocycles. The van der Waals surface area contributed by atoms with Gasteiger partial charge in [-0.3, -0.25) is 14.0 Å². The van der Waals surface area contributed by atoms with Crippen molar-refractivity contribution in [2.24, 2.45) is 12.8 Å². The van der Waals surface area contributed by atoms with E-state index in [1.54, 1.807) is 15.4 Å². The van der Waals surface area contributed by atoms with Gasteiger partial charge >= 0.3 is 0 Å². The summed E-state index contributed by atoms with van der Waals surface area (Å²) < 4.78 is 5.27. The molecule has 3 heterocycles. The molecular weight excluding hydrogens is 314 g/mol. The van der Waals surface area contributed by atoms with Crippen LogP contribution in [0.5, 0.6) is 0 Å². The lowest BCUT2D eigenvalue weighted by atomic mass is 10.1. The molecule has 2 N–H and O–H groups in total. The van der Waals surface area contributed by atoms with Gasteiger partial charge in [0.1, 0.15) is 5.52 Å². The van der Waals surface area contributed by atoms with Crippen molar-refractivity contribution in [3.8, 4) is 16.8 Å². The van der Waals surface area contributed by atoms with E-state index in [-0.39, 0.29) is 11.6 Å². The zero-order chi connectivity index (χ0) is 17.6. The van der Waals surface area contributed by atoms with Gasteiger partial charge in [-0.05, 0) is 25.1 Å². The van der Waals surface area contributed by atoms with E-state index >= 15 is 0 Å². The van der Waals surface area contributed by atoms with Gasteiger partial charge in [-0.25, -0.2) is 0 Å². The lowest BCUT2D eigenvalue weighted by molar-refractivity contribution is 0.718. The minimum Gasteiger partial charge on any atom is -0.323 e. The predicted molar refractivity (Wildman–Crippen MR) is 97.8 cm³/mol. The van der Waals surface area contributed by atoms with Gasteiger partial charge in [0.25, 0.3) is 5.56 Å². The molecule has 1 aromatic carbocycles. The number of fused-ring (bicyclic) bond motifs is 1. The Morgan fingerprint density at radius 1 is 1.12 bits per heavy atom. The van der Waals surface area contributed by atoms with E-state index in [2.05, 4.69) is 5.10 Å². The number of nitrogens with two attached hydrogens (primary N) is 1. The molecule has 6 nitrogen and oxygen atoms in total. The third-order valence-electron chi connectivity index (χ3n) is 4.35. The summed E-state index contributed by atoms with van der Waals surface area (Å²) in [4.78, 5) is 13.4. The standard InChI is InChI=1S/C19H19N5O/c1-13(20)17-12-23-9-8-16(14-10-21-22(2)11-14)18(23)19(25)24(17)15-6-4-3-5-7-15/h3-13H,20H2,1-2H3. The van der Waals surface area contributed by atoms with Crippen LogP contribution in [0, 0.1) is 0 Å². The van der Waals surface area contributed by atoms with E-state index in [1.807, 2.05) is 73.4 Å². The van der Waals surface area contributed by atoms with Gasteiger partial charge in [0.2, 0.25) is 0 Å². The van der Waals surface area contributed by atoms with Gasteiger partial charge in [0.05, 0.1) is 11.9 Å². The maximum absolute atomic E-state index is 13.4. The van der Waals surface area contributed by atoms with Crippen LogP contribution in [-0.4, -0.2) is 18.7 Å². The highest BCUT2D eigenvalue weighted by Gasteiger charge is 2.18. The molecule has 4 aromatic rings. The highest BCUT2D eigenvalue weighted by atomic mass is 16.1. The van der Waals surface area contributed by atoms with Crippen molar-refractivity contribution >= 4 is 5.52 Å². The zero-order valence-corrected chi connectivity index (χ0v) is 14.1. The molecule has 3 aromatic heterocycles. The molecule has 25 heavy (non-hydrogen) atoms. The highest BCUT2D eigenvalue weighted by Crippen LogP contribution is 2.25. The number of aryl methyl sites for hydroxylation is 1. The van der Waals surface area contributed by atoms with Crippen LogP contribution in [0.3, 0.4) is 0 Å². The number of hydrogen-bond donors (Lipinski definition) is 1. The third-order valence-corrected chi connectivity index (χ3v) is 4.35. The summed E-state index contributed by atoms with van der Waals surface area (Å²) in [5.41, 5.74) is 10.0. The average Bonchev–Trinajstić information content (AvgIpc) is 3.21. The first-order valence-electron chi connectivity index (χ1n) is 8.13. The minimum absolute atomic E-state index is 0.0927. The van der Waals surface area contributed by atoms with Crippen LogP contribution in [0.25, 0.3) is 22.3 Å². The quantitative estimate of drug-likeness (QED) is 0.626. The predicted octanol–water partition coefficient (Wildman–Crippen LogP) is 2.51. The maximum Gasteiger partial charge on any atom is 0.280 e. The number of para-hydroxylation sites is 1. The normalized spacial score (nSPS) is 12.6. The van der Waals surface area contributed by atoms with Gasteiger partial charge in [-0.15, -0.1) is 0 Å². The van der Waals surface area contributed by atoms with Gasteiger partial charge < -0.3 is 10.1 Å². The van der Waals surface area contributed by atoms with Crippen molar-refractivity contribution in [1.29, 1.82) is 0 Å². The smallest absolute Gasteiger partial charge is 0.280 e. The second-order valence-corrected chi connectivity index (χ2v) is 6.21. The first kappa shape index (κ1) is 15.4. The monoisotopic (exact) mass is 333 g/mol. The Bertz CT molecular complexity index is 1100. The summed E-state index contributed by atoms with van der Waals surface area (Å²) in [5.74, 6) is 0. The lowest BCUT2D eigenvalue weighted by Gasteiger charge is -2.17. The van der Waals surface area contributed by atoms with Gasteiger partial charge in [0.15, 0.2) is 0 Å². The number of aromatic nitrogens is 4. The average molecular weight is 333 g/mol. The van der Waals surface area contributed by atoms with Crippen LogP contribution in [0.1, 0.15) is 18.7 Å². The van der Waals surface area contributed by atoms with E-state index in [4.69, 9.17) is 5.73 Å². The van der Waals surface area contributed by atoms with E-state index < -0.39 is 0 Å². The Balaban J connectivity index is 2.08. The first-order chi connectivity index (χ1) is 12.1. The molecule has 6 heteroatoms. The molecule has 0 aliphatic heterocycles. The zero-order valence-electron chi connectivity index (χ0n) is 14.1. The fourth-order valence-corrected chi connectivity index (χ4v) is 3.16.